The second-order valence-electron chi connectivity index (χ2n) is 4.35. The van der Waals surface area contributed by atoms with Gasteiger partial charge in [0.25, 0.3) is 0 Å². The summed E-state index contributed by atoms with van der Waals surface area (Å²) >= 11 is 1.79. The average Bonchev–Trinajstić information content (AvgIpc) is 2.94. The van der Waals surface area contributed by atoms with Gasteiger partial charge in [0.1, 0.15) is 0 Å². The molecule has 0 atom stereocenters. The van der Waals surface area contributed by atoms with Crippen LogP contribution in [0.15, 0.2) is 29.6 Å². The van der Waals surface area contributed by atoms with Gasteiger partial charge >= 0.3 is 0 Å². The standard InChI is InChI=1S/C14H15N3S/c1-9-14(12(7-15-2)17-16-9)11-8-18-13-6-4-3-5-10(11)13/h3-6,8,15H,7H2,1-2H3,(H,16,17). The van der Waals surface area contributed by atoms with Gasteiger partial charge in [-0.2, -0.15) is 5.10 Å². The fourth-order valence-electron chi connectivity index (χ4n) is 2.30. The first-order valence-corrected chi connectivity index (χ1v) is 6.84. The van der Waals surface area contributed by atoms with Gasteiger partial charge in [0, 0.05) is 33.5 Å². The maximum Gasteiger partial charge on any atom is 0.0841 e. The quantitative estimate of drug-likeness (QED) is 0.755. The van der Waals surface area contributed by atoms with Crippen molar-refractivity contribution in [3.05, 3.63) is 41.0 Å². The van der Waals surface area contributed by atoms with Crippen molar-refractivity contribution in [3.63, 3.8) is 0 Å². The number of thiophene rings is 1. The molecule has 2 aromatic heterocycles. The van der Waals surface area contributed by atoms with Crippen molar-refractivity contribution >= 4 is 21.4 Å². The zero-order chi connectivity index (χ0) is 12.5. The summed E-state index contributed by atoms with van der Waals surface area (Å²) in [6, 6.07) is 8.51. The first kappa shape index (κ1) is 11.4. The zero-order valence-electron chi connectivity index (χ0n) is 10.4. The molecule has 3 aromatic rings. The van der Waals surface area contributed by atoms with E-state index in [0.29, 0.717) is 0 Å². The van der Waals surface area contributed by atoms with E-state index in [0.717, 1.165) is 17.9 Å². The number of hydrogen-bond acceptors (Lipinski definition) is 3. The molecule has 0 spiro atoms. The molecule has 92 valence electrons. The van der Waals surface area contributed by atoms with Crippen molar-refractivity contribution in [2.75, 3.05) is 7.05 Å². The number of aromatic nitrogens is 2. The second kappa shape index (κ2) is 4.55. The van der Waals surface area contributed by atoms with Gasteiger partial charge in [-0.25, -0.2) is 0 Å². The zero-order valence-corrected chi connectivity index (χ0v) is 11.3. The predicted molar refractivity (Wildman–Crippen MR) is 76.9 cm³/mol. The summed E-state index contributed by atoms with van der Waals surface area (Å²) in [5.74, 6) is 0. The van der Waals surface area contributed by atoms with E-state index in [1.165, 1.54) is 21.2 Å². The van der Waals surface area contributed by atoms with Crippen LogP contribution in [0, 0.1) is 6.92 Å². The average molecular weight is 257 g/mol. The Hall–Kier alpha value is -1.65. The van der Waals surface area contributed by atoms with Crippen LogP contribution >= 0.6 is 11.3 Å². The van der Waals surface area contributed by atoms with Crippen LogP contribution in [-0.2, 0) is 6.54 Å². The number of aryl methyl sites for hydroxylation is 1. The van der Waals surface area contributed by atoms with Crippen LogP contribution in [0.3, 0.4) is 0 Å². The van der Waals surface area contributed by atoms with Crippen LogP contribution in [-0.4, -0.2) is 17.2 Å². The lowest BCUT2D eigenvalue weighted by molar-refractivity contribution is 0.785. The van der Waals surface area contributed by atoms with E-state index < -0.39 is 0 Å². The van der Waals surface area contributed by atoms with Crippen LogP contribution in [0.25, 0.3) is 21.2 Å². The first-order chi connectivity index (χ1) is 8.81. The van der Waals surface area contributed by atoms with E-state index in [9.17, 15) is 0 Å². The number of aromatic amines is 1. The molecule has 0 aliphatic carbocycles. The number of fused-ring (bicyclic) bond motifs is 1. The van der Waals surface area contributed by atoms with E-state index in [2.05, 4.69) is 52.1 Å². The molecule has 0 saturated carbocycles. The van der Waals surface area contributed by atoms with Gasteiger partial charge < -0.3 is 5.32 Å². The third kappa shape index (κ3) is 1.74. The molecule has 4 heteroatoms. The third-order valence-corrected chi connectivity index (χ3v) is 4.08. The normalized spacial score (nSPS) is 11.2. The van der Waals surface area contributed by atoms with Crippen LogP contribution < -0.4 is 5.32 Å². The highest BCUT2D eigenvalue weighted by atomic mass is 32.1. The fourth-order valence-corrected chi connectivity index (χ4v) is 3.26. The number of rotatable bonds is 3. The Kier molecular flexibility index (Phi) is 2.89. The molecule has 0 amide bonds. The number of hydrogen-bond donors (Lipinski definition) is 2. The van der Waals surface area contributed by atoms with E-state index in [1.807, 2.05) is 7.05 Å². The van der Waals surface area contributed by atoms with Crippen LogP contribution in [0.2, 0.25) is 0 Å². The summed E-state index contributed by atoms with van der Waals surface area (Å²) in [5.41, 5.74) is 4.73. The Morgan fingerprint density at radius 3 is 3.00 bits per heavy atom. The monoisotopic (exact) mass is 257 g/mol. The molecule has 0 bridgehead atoms. The van der Waals surface area contributed by atoms with Gasteiger partial charge in [0.05, 0.1) is 5.69 Å². The Balaban J connectivity index is 2.22. The Labute approximate surface area is 110 Å². The van der Waals surface area contributed by atoms with Crippen molar-refractivity contribution < 1.29 is 0 Å². The lowest BCUT2D eigenvalue weighted by Gasteiger charge is -2.02. The smallest absolute Gasteiger partial charge is 0.0841 e. The van der Waals surface area contributed by atoms with Crippen LogP contribution in [0.5, 0.6) is 0 Å². The summed E-state index contributed by atoms with van der Waals surface area (Å²) in [6.07, 6.45) is 0. The maximum atomic E-state index is 4.39. The van der Waals surface area contributed by atoms with Gasteiger partial charge in [0.2, 0.25) is 0 Å². The fraction of sp³-hybridized carbons (Fsp3) is 0.214. The minimum absolute atomic E-state index is 0.782. The Morgan fingerprint density at radius 2 is 2.17 bits per heavy atom. The van der Waals surface area contributed by atoms with E-state index in [-0.39, 0.29) is 0 Å². The van der Waals surface area contributed by atoms with Crippen LogP contribution in [0.4, 0.5) is 0 Å². The molecule has 3 nitrogen and oxygen atoms in total. The molecule has 3 rings (SSSR count). The molecule has 2 N–H and O–H groups in total. The predicted octanol–water partition coefficient (Wildman–Crippen LogP) is 3.32. The highest BCUT2D eigenvalue weighted by Crippen LogP contribution is 2.36. The molecular formula is C14H15N3S. The largest absolute Gasteiger partial charge is 0.314 e. The first-order valence-electron chi connectivity index (χ1n) is 5.96. The lowest BCUT2D eigenvalue weighted by Crippen LogP contribution is -2.06. The van der Waals surface area contributed by atoms with Gasteiger partial charge in [-0.1, -0.05) is 18.2 Å². The number of nitrogens with one attached hydrogen (secondary N) is 2. The lowest BCUT2D eigenvalue weighted by atomic mass is 10.0. The number of benzene rings is 1. The topological polar surface area (TPSA) is 40.7 Å². The molecule has 0 unspecified atom stereocenters. The van der Waals surface area contributed by atoms with Crippen molar-refractivity contribution in [3.8, 4) is 11.1 Å². The molecule has 0 radical (unpaired) electrons. The van der Waals surface area contributed by atoms with Crippen LogP contribution in [0.1, 0.15) is 11.4 Å². The summed E-state index contributed by atoms with van der Waals surface area (Å²) in [5, 5.41) is 14.2. The SMILES string of the molecule is CNCc1n[nH]c(C)c1-c1csc2ccccc12. The number of H-pyrrole nitrogens is 1. The molecule has 18 heavy (non-hydrogen) atoms. The van der Waals surface area contributed by atoms with Gasteiger partial charge in [0.15, 0.2) is 0 Å². The Bertz CT molecular complexity index is 681. The number of nitrogens with zero attached hydrogens (tertiary/aromatic N) is 1. The molecule has 0 aliphatic heterocycles. The van der Waals surface area contributed by atoms with Gasteiger partial charge in [-0.3, -0.25) is 5.10 Å². The highest BCUT2D eigenvalue weighted by molar-refractivity contribution is 7.17. The maximum absolute atomic E-state index is 4.39. The van der Waals surface area contributed by atoms with Gasteiger partial charge in [-0.15, -0.1) is 11.3 Å². The third-order valence-electron chi connectivity index (χ3n) is 3.12. The Morgan fingerprint density at radius 1 is 1.33 bits per heavy atom. The summed E-state index contributed by atoms with van der Waals surface area (Å²) in [7, 11) is 1.94. The summed E-state index contributed by atoms with van der Waals surface area (Å²) < 4.78 is 1.32. The van der Waals surface area contributed by atoms with E-state index in [4.69, 9.17) is 0 Å². The highest BCUT2D eigenvalue weighted by Gasteiger charge is 2.15. The van der Waals surface area contributed by atoms with Crippen molar-refractivity contribution in [1.82, 2.24) is 15.5 Å². The van der Waals surface area contributed by atoms with Crippen molar-refractivity contribution in [2.24, 2.45) is 0 Å². The molecule has 2 heterocycles. The molecular weight excluding hydrogens is 242 g/mol. The molecule has 0 fully saturated rings. The summed E-state index contributed by atoms with van der Waals surface area (Å²) in [6.45, 7) is 2.86. The summed E-state index contributed by atoms with van der Waals surface area (Å²) in [4.78, 5) is 0. The van der Waals surface area contributed by atoms with E-state index >= 15 is 0 Å². The van der Waals surface area contributed by atoms with Crippen molar-refractivity contribution in [2.45, 2.75) is 13.5 Å². The van der Waals surface area contributed by atoms with Gasteiger partial charge in [-0.05, 0) is 25.4 Å². The minimum Gasteiger partial charge on any atom is -0.314 e. The molecule has 0 saturated heterocycles. The minimum atomic E-state index is 0.782. The van der Waals surface area contributed by atoms with Crippen molar-refractivity contribution in [1.29, 1.82) is 0 Å². The second-order valence-corrected chi connectivity index (χ2v) is 5.26. The molecule has 1 aromatic carbocycles. The van der Waals surface area contributed by atoms with E-state index in [1.54, 1.807) is 11.3 Å². The molecule has 0 aliphatic rings.